The average Bonchev–Trinajstić information content (AvgIpc) is 3.39. The zero-order valence-corrected chi connectivity index (χ0v) is 18.4. The van der Waals surface area contributed by atoms with Gasteiger partial charge in [-0.2, -0.15) is 0 Å². The number of nitrogens with zero attached hydrogens (tertiary/aromatic N) is 6. The highest BCUT2D eigenvalue weighted by Crippen LogP contribution is 2.41. The third-order valence-electron chi connectivity index (χ3n) is 4.85. The van der Waals surface area contributed by atoms with Gasteiger partial charge in [-0.05, 0) is 42.7 Å². The fourth-order valence-electron chi connectivity index (χ4n) is 3.12. The number of hydrogen-bond donors (Lipinski definition) is 1. The summed E-state index contributed by atoms with van der Waals surface area (Å²) in [4.78, 5) is 16.6. The van der Waals surface area contributed by atoms with Crippen LogP contribution in [0.25, 0.3) is 11.4 Å². The van der Waals surface area contributed by atoms with E-state index in [1.165, 1.54) is 35.2 Å². The number of carbonyl (C=O) groups excluding carboxylic acids is 1. The van der Waals surface area contributed by atoms with Crippen molar-refractivity contribution in [2.24, 2.45) is 0 Å². The molecule has 1 amide bonds. The van der Waals surface area contributed by atoms with E-state index in [-0.39, 0.29) is 11.7 Å². The van der Waals surface area contributed by atoms with Crippen LogP contribution < -0.4 is 5.32 Å². The number of halogens is 1. The van der Waals surface area contributed by atoms with Gasteiger partial charge in [-0.3, -0.25) is 14.3 Å². The van der Waals surface area contributed by atoms with E-state index in [1.54, 1.807) is 24.5 Å². The van der Waals surface area contributed by atoms with Crippen LogP contribution in [0, 0.1) is 5.82 Å². The molecule has 0 radical (unpaired) electrons. The Balaban J connectivity index is 1.22. The van der Waals surface area contributed by atoms with Crippen molar-refractivity contribution in [1.82, 2.24) is 35.3 Å². The van der Waals surface area contributed by atoms with E-state index < -0.39 is 0 Å². The Morgan fingerprint density at radius 2 is 2.00 bits per heavy atom. The summed E-state index contributed by atoms with van der Waals surface area (Å²) in [7, 11) is 0. The molecule has 0 saturated heterocycles. The number of rotatable bonds is 8. The quantitative estimate of drug-likeness (QED) is 0.393. The van der Waals surface area contributed by atoms with Crippen LogP contribution in [-0.4, -0.2) is 35.9 Å². The lowest BCUT2D eigenvalue weighted by Crippen LogP contribution is -2.22. The molecule has 1 fully saturated rings. The van der Waals surface area contributed by atoms with Crippen LogP contribution in [0.5, 0.6) is 0 Å². The van der Waals surface area contributed by atoms with Gasteiger partial charge in [0, 0.05) is 30.5 Å². The lowest BCUT2D eigenvalue weighted by molar-refractivity contribution is 0.0950. The fourth-order valence-corrected chi connectivity index (χ4v) is 4.87. The molecular weight excluding hydrogens is 449 g/mol. The van der Waals surface area contributed by atoms with Crippen LogP contribution in [0.3, 0.4) is 0 Å². The zero-order valence-electron chi connectivity index (χ0n) is 16.8. The van der Waals surface area contributed by atoms with Gasteiger partial charge < -0.3 is 5.32 Å². The van der Waals surface area contributed by atoms with Gasteiger partial charge in [0.2, 0.25) is 5.01 Å². The van der Waals surface area contributed by atoms with Crippen LogP contribution in [0.15, 0.2) is 53.9 Å². The maximum atomic E-state index is 13.0. The van der Waals surface area contributed by atoms with Crippen molar-refractivity contribution >= 4 is 29.0 Å². The van der Waals surface area contributed by atoms with Gasteiger partial charge in [0.15, 0.2) is 11.0 Å². The molecule has 1 aliphatic rings. The van der Waals surface area contributed by atoms with Crippen LogP contribution >= 0.6 is 23.1 Å². The molecule has 3 aromatic heterocycles. The Morgan fingerprint density at radius 1 is 1.16 bits per heavy atom. The summed E-state index contributed by atoms with van der Waals surface area (Å²) in [6.07, 6.45) is 5.74. The Kier molecular flexibility index (Phi) is 5.91. The van der Waals surface area contributed by atoms with E-state index in [0.29, 0.717) is 23.3 Å². The van der Waals surface area contributed by atoms with Gasteiger partial charge in [0.05, 0.1) is 5.75 Å². The average molecular weight is 468 g/mol. The standard InChI is InChI=1S/C21H18FN7OS2/c22-15-5-3-13(4-6-15)10-24-19(30)20-27-25-17(32-20)12-31-21-28-26-18(29(21)16-7-8-16)14-2-1-9-23-11-14/h1-6,9,11,16H,7-8,10,12H2,(H,24,30). The predicted molar refractivity (Wildman–Crippen MR) is 119 cm³/mol. The first-order valence-corrected chi connectivity index (χ1v) is 11.8. The molecule has 4 aromatic rings. The Labute approximate surface area is 191 Å². The normalized spacial score (nSPS) is 13.3. The molecule has 8 nitrogen and oxygen atoms in total. The zero-order chi connectivity index (χ0) is 21.9. The Morgan fingerprint density at radius 3 is 2.75 bits per heavy atom. The summed E-state index contributed by atoms with van der Waals surface area (Å²) >= 11 is 2.78. The van der Waals surface area contributed by atoms with Crippen molar-refractivity contribution < 1.29 is 9.18 Å². The van der Waals surface area contributed by atoms with Crippen molar-refractivity contribution in [3.05, 3.63) is 70.2 Å². The van der Waals surface area contributed by atoms with Gasteiger partial charge in [-0.25, -0.2) is 4.39 Å². The molecule has 1 aromatic carbocycles. The number of nitrogens with one attached hydrogen (secondary N) is 1. The first-order valence-electron chi connectivity index (χ1n) is 10.0. The minimum absolute atomic E-state index is 0.294. The largest absolute Gasteiger partial charge is 0.346 e. The SMILES string of the molecule is O=C(NCc1ccc(F)cc1)c1nnc(CSc2nnc(-c3cccnc3)n2C2CC2)s1. The Hall–Kier alpha value is -3.18. The third-order valence-corrected chi connectivity index (χ3v) is 6.91. The molecule has 11 heteroatoms. The monoisotopic (exact) mass is 467 g/mol. The maximum absolute atomic E-state index is 13.0. The smallest absolute Gasteiger partial charge is 0.282 e. The molecule has 1 saturated carbocycles. The van der Waals surface area contributed by atoms with Gasteiger partial charge in [-0.1, -0.05) is 35.2 Å². The maximum Gasteiger partial charge on any atom is 0.282 e. The lowest BCUT2D eigenvalue weighted by Gasteiger charge is -2.07. The highest BCUT2D eigenvalue weighted by atomic mass is 32.2. The molecule has 1 N–H and O–H groups in total. The summed E-state index contributed by atoms with van der Waals surface area (Å²) in [5.41, 5.74) is 1.75. The van der Waals surface area contributed by atoms with Crippen LogP contribution in [0.4, 0.5) is 4.39 Å². The first kappa shape index (κ1) is 20.7. The molecular formula is C21H18FN7OS2. The van der Waals surface area contributed by atoms with Crippen molar-refractivity contribution in [1.29, 1.82) is 0 Å². The third kappa shape index (κ3) is 4.68. The molecule has 1 aliphatic carbocycles. The summed E-state index contributed by atoms with van der Waals surface area (Å²) in [6.45, 7) is 0.296. The predicted octanol–water partition coefficient (Wildman–Crippen LogP) is 3.89. The number of thioether (sulfide) groups is 1. The van der Waals surface area contributed by atoms with E-state index in [2.05, 4.69) is 35.3 Å². The number of carbonyl (C=O) groups is 1. The molecule has 0 aliphatic heterocycles. The molecule has 0 atom stereocenters. The van der Waals surface area contributed by atoms with Gasteiger partial charge in [-0.15, -0.1) is 20.4 Å². The van der Waals surface area contributed by atoms with Crippen molar-refractivity contribution in [2.75, 3.05) is 0 Å². The number of aromatic nitrogens is 6. The summed E-state index contributed by atoms with van der Waals surface area (Å²) in [5.74, 6) is 0.751. The number of hydrogen-bond acceptors (Lipinski definition) is 8. The highest BCUT2D eigenvalue weighted by Gasteiger charge is 2.30. The van der Waals surface area contributed by atoms with Crippen LogP contribution in [0.2, 0.25) is 0 Å². The molecule has 0 spiro atoms. The summed E-state index contributed by atoms with van der Waals surface area (Å²) in [6, 6.07) is 10.3. The van der Waals surface area contributed by atoms with E-state index in [9.17, 15) is 9.18 Å². The minimum Gasteiger partial charge on any atom is -0.346 e. The summed E-state index contributed by atoms with van der Waals surface area (Å²) in [5, 5.41) is 21.5. The van der Waals surface area contributed by atoms with E-state index in [4.69, 9.17) is 0 Å². The molecule has 0 bridgehead atoms. The van der Waals surface area contributed by atoms with E-state index in [0.717, 1.165) is 40.0 Å². The second kappa shape index (κ2) is 9.13. The number of amides is 1. The Bertz CT molecular complexity index is 1220. The second-order valence-corrected chi connectivity index (χ2v) is 9.25. The number of benzene rings is 1. The highest BCUT2D eigenvalue weighted by molar-refractivity contribution is 7.98. The molecule has 162 valence electrons. The van der Waals surface area contributed by atoms with Crippen LogP contribution in [-0.2, 0) is 12.3 Å². The van der Waals surface area contributed by atoms with Crippen LogP contribution in [0.1, 0.15) is 39.3 Å². The van der Waals surface area contributed by atoms with Crippen molar-refractivity contribution in [3.8, 4) is 11.4 Å². The second-order valence-electron chi connectivity index (χ2n) is 7.25. The van der Waals surface area contributed by atoms with E-state index in [1.807, 2.05) is 12.1 Å². The van der Waals surface area contributed by atoms with E-state index >= 15 is 0 Å². The van der Waals surface area contributed by atoms with Gasteiger partial charge in [0.25, 0.3) is 5.91 Å². The molecule has 5 rings (SSSR count). The fraction of sp³-hybridized carbons (Fsp3) is 0.238. The molecule has 0 unspecified atom stereocenters. The van der Waals surface area contributed by atoms with Gasteiger partial charge in [0.1, 0.15) is 10.8 Å². The molecule has 32 heavy (non-hydrogen) atoms. The summed E-state index contributed by atoms with van der Waals surface area (Å²) < 4.78 is 15.2. The molecule has 3 heterocycles. The minimum atomic E-state index is -0.309. The van der Waals surface area contributed by atoms with Crippen molar-refractivity contribution in [2.45, 2.75) is 36.3 Å². The van der Waals surface area contributed by atoms with Crippen molar-refractivity contribution in [3.63, 3.8) is 0 Å². The topological polar surface area (TPSA) is 98.5 Å². The number of pyridine rings is 1. The lowest BCUT2D eigenvalue weighted by atomic mass is 10.2. The first-order chi connectivity index (χ1) is 15.7. The van der Waals surface area contributed by atoms with Gasteiger partial charge >= 0.3 is 0 Å².